The van der Waals surface area contributed by atoms with Crippen molar-refractivity contribution >= 4 is 58.1 Å². The first kappa shape index (κ1) is 39.1. The van der Waals surface area contributed by atoms with Crippen molar-refractivity contribution in [2.75, 3.05) is 34.5 Å². The Labute approximate surface area is 341 Å². The van der Waals surface area contributed by atoms with Gasteiger partial charge in [0.2, 0.25) is 23.3 Å². The van der Waals surface area contributed by atoms with Crippen LogP contribution in [0, 0.1) is 20.2 Å². The van der Waals surface area contributed by atoms with Crippen molar-refractivity contribution in [1.29, 1.82) is 0 Å². The number of carbonyl (C=O) groups is 2. The number of carbonyl (C=O) groups excluding carboxylic acids is 2. The first-order chi connectivity index (χ1) is 28.0. The molecule has 2 amide bonds. The van der Waals surface area contributed by atoms with E-state index in [2.05, 4.69) is 48.1 Å². The average molecular weight is 799 g/mol. The van der Waals surface area contributed by atoms with E-state index in [4.69, 9.17) is 9.47 Å². The lowest BCUT2D eigenvalue weighted by Gasteiger charge is -2.45. The molecular formula is C45H46N6O8. The van der Waals surface area contributed by atoms with Crippen LogP contribution in [0.25, 0.3) is 12.2 Å². The molecule has 0 saturated carbocycles. The van der Waals surface area contributed by atoms with E-state index in [9.17, 15) is 29.8 Å². The third-order valence-corrected chi connectivity index (χ3v) is 12.6. The first-order valence-corrected chi connectivity index (χ1v) is 19.7. The van der Waals surface area contributed by atoms with Crippen molar-refractivity contribution in [2.24, 2.45) is 0 Å². The number of rotatable bonds is 10. The smallest absolute Gasteiger partial charge is 0.270 e. The second-order valence-corrected chi connectivity index (χ2v) is 16.7. The van der Waals surface area contributed by atoms with Crippen LogP contribution in [0.1, 0.15) is 82.1 Å². The molecule has 2 atom stereocenters. The molecule has 0 radical (unpaired) electrons. The van der Waals surface area contributed by atoms with Gasteiger partial charge >= 0.3 is 0 Å². The fourth-order valence-electron chi connectivity index (χ4n) is 9.18. The molecule has 2 N–H and O–H groups in total. The molecule has 0 fully saturated rings. The molecule has 0 bridgehead atoms. The van der Waals surface area contributed by atoms with E-state index < -0.39 is 32.1 Å². The zero-order valence-corrected chi connectivity index (χ0v) is 33.8. The van der Waals surface area contributed by atoms with Crippen molar-refractivity contribution in [3.8, 4) is 11.5 Å². The van der Waals surface area contributed by atoms with Crippen LogP contribution in [0.2, 0.25) is 0 Å². The molecule has 0 aliphatic carbocycles. The summed E-state index contributed by atoms with van der Waals surface area (Å²) in [6.45, 7) is 8.33. The Bertz CT molecular complexity index is 2340. The maximum absolute atomic E-state index is 13.0. The largest absolute Gasteiger partial charge is 0.463 e. The van der Waals surface area contributed by atoms with Crippen molar-refractivity contribution in [2.45, 2.75) is 82.1 Å². The van der Waals surface area contributed by atoms with Gasteiger partial charge in [-0.15, -0.1) is 0 Å². The number of hydrogen-bond donors (Lipinski definition) is 2. The van der Waals surface area contributed by atoms with Crippen LogP contribution in [0.15, 0.2) is 84.9 Å². The van der Waals surface area contributed by atoms with Crippen LogP contribution in [0.4, 0.5) is 34.1 Å². The van der Waals surface area contributed by atoms with Crippen LogP contribution in [-0.2, 0) is 20.4 Å². The van der Waals surface area contributed by atoms with Gasteiger partial charge in [0.25, 0.3) is 11.4 Å². The van der Waals surface area contributed by atoms with Gasteiger partial charge in [-0.2, -0.15) is 0 Å². The zero-order chi connectivity index (χ0) is 42.1. The molecule has 14 nitrogen and oxygen atoms in total. The number of nitro groups is 2. The van der Waals surface area contributed by atoms with Gasteiger partial charge in [0.05, 0.1) is 20.7 Å². The first-order valence-electron chi connectivity index (χ1n) is 19.7. The fourth-order valence-corrected chi connectivity index (χ4v) is 9.18. The Kier molecular flexibility index (Phi) is 9.28. The molecule has 4 aromatic rings. The van der Waals surface area contributed by atoms with Gasteiger partial charge in [0.1, 0.15) is 11.5 Å². The Morgan fingerprint density at radius 3 is 1.41 bits per heavy atom. The van der Waals surface area contributed by atoms with E-state index in [0.717, 1.165) is 22.5 Å². The maximum atomic E-state index is 13.0. The molecule has 14 heteroatoms. The summed E-state index contributed by atoms with van der Waals surface area (Å²) in [5, 5.41) is 28.7. The third kappa shape index (κ3) is 6.24. The lowest BCUT2D eigenvalue weighted by atomic mass is 9.76. The minimum Gasteiger partial charge on any atom is -0.463 e. The summed E-state index contributed by atoms with van der Waals surface area (Å²) in [6.07, 6.45) is 10.2. The van der Waals surface area contributed by atoms with E-state index >= 15 is 0 Å². The topological polar surface area (TPSA) is 169 Å². The fraction of sp³-hybridized carbons (Fsp3) is 0.333. The quantitative estimate of drug-likeness (QED) is 0.0897. The third-order valence-electron chi connectivity index (χ3n) is 12.6. The molecule has 4 heterocycles. The molecule has 2 spiro atoms. The van der Waals surface area contributed by atoms with Crippen LogP contribution < -0.4 is 29.9 Å². The van der Waals surface area contributed by atoms with Crippen molar-refractivity contribution in [3.05, 3.63) is 127 Å². The molecule has 0 aromatic heterocycles. The summed E-state index contributed by atoms with van der Waals surface area (Å²) < 4.78 is 13.2. The number of nitrogens with one attached hydrogen (secondary N) is 2. The van der Waals surface area contributed by atoms with Gasteiger partial charge < -0.3 is 29.9 Å². The summed E-state index contributed by atoms with van der Waals surface area (Å²) >= 11 is 0. The van der Waals surface area contributed by atoms with Crippen LogP contribution >= 0.6 is 0 Å². The second kappa shape index (κ2) is 14.0. The molecule has 0 saturated heterocycles. The maximum Gasteiger partial charge on any atom is 0.270 e. The normalized spacial score (nSPS) is 20.9. The molecule has 4 aliphatic rings. The average Bonchev–Trinajstić information content (AvgIpc) is 3.46. The van der Waals surface area contributed by atoms with E-state index in [1.165, 1.54) is 24.3 Å². The Morgan fingerprint density at radius 2 is 1.02 bits per heavy atom. The molecule has 4 aromatic carbocycles. The summed E-state index contributed by atoms with van der Waals surface area (Å²) in [5.41, 5.74) is 3.70. The van der Waals surface area contributed by atoms with Gasteiger partial charge in [-0.25, -0.2) is 0 Å². The second-order valence-electron chi connectivity index (χ2n) is 16.7. The summed E-state index contributed by atoms with van der Waals surface area (Å²) in [6, 6.07) is 20.8. The van der Waals surface area contributed by atoms with E-state index in [0.29, 0.717) is 66.1 Å². The highest BCUT2D eigenvalue weighted by molar-refractivity contribution is 5.92. The summed E-state index contributed by atoms with van der Waals surface area (Å²) in [4.78, 5) is 52.0. The molecule has 59 heavy (non-hydrogen) atoms. The van der Waals surface area contributed by atoms with Crippen LogP contribution in [-0.4, -0.2) is 47.2 Å². The van der Waals surface area contributed by atoms with Crippen LogP contribution in [0.3, 0.4) is 0 Å². The monoisotopic (exact) mass is 798 g/mol. The summed E-state index contributed by atoms with van der Waals surface area (Å²) in [7, 11) is 3.91. The predicted octanol–water partition coefficient (Wildman–Crippen LogP) is 9.09. The van der Waals surface area contributed by atoms with Crippen molar-refractivity contribution in [3.63, 3.8) is 0 Å². The minimum absolute atomic E-state index is 0.00161. The predicted molar refractivity (Wildman–Crippen MR) is 227 cm³/mol. The van der Waals surface area contributed by atoms with Crippen molar-refractivity contribution in [1.82, 2.24) is 0 Å². The number of anilines is 4. The summed E-state index contributed by atoms with van der Waals surface area (Å²) in [5.74, 6) is 0.904. The van der Waals surface area contributed by atoms with E-state index in [-0.39, 0.29) is 23.2 Å². The number of unbranched alkanes of at least 4 members (excludes halogenated alkanes) is 2. The molecule has 2 unspecified atom stereocenters. The van der Waals surface area contributed by atoms with Crippen LogP contribution in [0.5, 0.6) is 11.5 Å². The number of ether oxygens (including phenoxy) is 2. The Hall–Kier alpha value is -6.70. The van der Waals surface area contributed by atoms with E-state index in [1.807, 2.05) is 74.8 Å². The van der Waals surface area contributed by atoms with Gasteiger partial charge in [-0.1, -0.05) is 6.42 Å². The number of nitrogens with zero attached hydrogens (tertiary/aromatic N) is 4. The number of benzene rings is 4. The molecule has 4 aliphatic heterocycles. The van der Waals surface area contributed by atoms with E-state index in [1.54, 1.807) is 12.1 Å². The van der Waals surface area contributed by atoms with Gasteiger partial charge in [-0.05, 0) is 124 Å². The van der Waals surface area contributed by atoms with Crippen molar-refractivity contribution < 1.29 is 28.9 Å². The molecular weight excluding hydrogens is 753 g/mol. The number of non-ortho nitro benzene ring substituents is 2. The highest BCUT2D eigenvalue weighted by Gasteiger charge is 2.59. The Balaban J connectivity index is 0.831. The number of amides is 2. The number of likely N-dealkylation sites (N-methyl/N-ethyl adjacent to an activating group) is 2. The number of nitro benzene ring substituents is 2. The van der Waals surface area contributed by atoms with Gasteiger partial charge in [0.15, 0.2) is 0 Å². The lowest BCUT2D eigenvalue weighted by Crippen LogP contribution is -2.58. The number of fused-ring (bicyclic) bond motifs is 4. The van der Waals surface area contributed by atoms with Gasteiger partial charge in [0, 0.05) is 85.1 Å². The molecule has 8 rings (SSSR count). The highest BCUT2D eigenvalue weighted by Crippen LogP contribution is 2.56. The Morgan fingerprint density at radius 1 is 0.610 bits per heavy atom. The molecule has 304 valence electrons. The lowest BCUT2D eigenvalue weighted by molar-refractivity contribution is -0.385. The highest BCUT2D eigenvalue weighted by atomic mass is 16.6. The number of hydrogen-bond acceptors (Lipinski definition) is 10. The minimum atomic E-state index is -0.880. The zero-order valence-electron chi connectivity index (χ0n) is 33.8. The standard InChI is InChI=1S/C45H46N6O8/c1-42(2)34-26-30(12-16-36(34)48(5)44(42)22-20-28-24-32(50(54)55)14-18-38(28)58-44)46-40(52)10-8-7-9-11-41(53)47-31-13-17-37-35(27-31)43(3,4)45(49(37)6)23-21-29-25-33(51(56)57)15-19-39(29)59-45/h12-27H,7-11H2,1-6H3,(H,46,52)(H,47,53). The van der Waals surface area contributed by atoms with Gasteiger partial charge in [-0.3, -0.25) is 29.8 Å². The SMILES string of the molecule is CN1c2ccc(NC(=O)CCCCCC(=O)Nc3ccc4c(c3)C(C)(C)C3(C=Cc5cc([N+](=O)[O-])ccc5O3)N4C)cc2C(C)(C)C12C=Cc1cc([N+](=O)[O-])ccc1O2.